The molecule has 6 heteroatoms. The molecule has 0 unspecified atom stereocenters. The number of hydrogen-bond acceptors (Lipinski definition) is 3. The molecule has 1 saturated carbocycles. The lowest BCUT2D eigenvalue weighted by Gasteiger charge is -2.29. The van der Waals surface area contributed by atoms with Gasteiger partial charge in [-0.25, -0.2) is 4.98 Å². The Morgan fingerprint density at radius 2 is 1.74 bits per heavy atom. The zero-order valence-corrected chi connectivity index (χ0v) is 20.4. The van der Waals surface area contributed by atoms with Crippen LogP contribution in [0.15, 0.2) is 66.5 Å². The molecule has 172 valence electrons. The van der Waals surface area contributed by atoms with Crippen LogP contribution >= 0.6 is 23.2 Å². The van der Waals surface area contributed by atoms with Gasteiger partial charge in [0.2, 0.25) is 0 Å². The standard InChI is InChI=1S/C28H26Cl2N4/c29-23-14-25-26(15-24(23)30)33-28(32-25)27(21-9-12-34(13-10-21)17-18-3-4-18)20-7-5-19(6-8-20)22-2-1-11-31-16-22/h1-2,5-8,11,14-16,18H,3-4,9-10,12-13,17H2,(H,32,33). The van der Waals surface area contributed by atoms with E-state index in [1.165, 1.54) is 36.1 Å². The maximum absolute atomic E-state index is 6.28. The fourth-order valence-corrected chi connectivity index (χ4v) is 5.24. The van der Waals surface area contributed by atoms with Gasteiger partial charge in [0.05, 0.1) is 21.1 Å². The number of benzene rings is 2. The SMILES string of the molecule is Clc1cc2nc(C(=C3CCN(CC4CC4)CC3)c3ccc(-c4cccnc4)cc3)[nH]c2cc1Cl. The molecular weight excluding hydrogens is 463 g/mol. The minimum Gasteiger partial charge on any atom is -0.338 e. The molecule has 1 aliphatic heterocycles. The van der Waals surface area contributed by atoms with Gasteiger partial charge in [0, 0.05) is 37.6 Å². The number of imidazole rings is 1. The Hall–Kier alpha value is -2.66. The molecule has 2 fully saturated rings. The molecule has 0 bridgehead atoms. The summed E-state index contributed by atoms with van der Waals surface area (Å²) >= 11 is 12.6. The van der Waals surface area contributed by atoms with E-state index in [1.54, 1.807) is 6.20 Å². The monoisotopic (exact) mass is 488 g/mol. The van der Waals surface area contributed by atoms with Crippen molar-refractivity contribution >= 4 is 39.8 Å². The third-order valence-corrected chi connectivity index (χ3v) is 7.68. The Morgan fingerprint density at radius 3 is 2.44 bits per heavy atom. The van der Waals surface area contributed by atoms with E-state index in [1.807, 2.05) is 24.4 Å². The van der Waals surface area contributed by atoms with Crippen molar-refractivity contribution in [3.05, 3.63) is 87.9 Å². The van der Waals surface area contributed by atoms with E-state index in [4.69, 9.17) is 28.2 Å². The van der Waals surface area contributed by atoms with Crippen molar-refractivity contribution in [3.63, 3.8) is 0 Å². The number of pyridine rings is 1. The van der Waals surface area contributed by atoms with Gasteiger partial charge in [-0.05, 0) is 66.5 Å². The minimum absolute atomic E-state index is 0.524. The lowest BCUT2D eigenvalue weighted by molar-refractivity contribution is 0.247. The third-order valence-electron chi connectivity index (χ3n) is 6.96. The van der Waals surface area contributed by atoms with Crippen molar-refractivity contribution in [1.82, 2.24) is 19.9 Å². The number of rotatable bonds is 5. The molecular formula is C28H26Cl2N4. The van der Waals surface area contributed by atoms with Crippen molar-refractivity contribution in [2.45, 2.75) is 25.7 Å². The lowest BCUT2D eigenvalue weighted by atomic mass is 9.91. The number of hydrogen-bond donors (Lipinski definition) is 1. The maximum atomic E-state index is 6.28. The second-order valence-electron chi connectivity index (χ2n) is 9.41. The third kappa shape index (κ3) is 4.50. The van der Waals surface area contributed by atoms with Gasteiger partial charge in [-0.3, -0.25) is 4.98 Å². The highest BCUT2D eigenvalue weighted by Gasteiger charge is 2.27. The molecule has 34 heavy (non-hydrogen) atoms. The summed E-state index contributed by atoms with van der Waals surface area (Å²) in [5, 5.41) is 1.06. The van der Waals surface area contributed by atoms with Gasteiger partial charge in [-0.2, -0.15) is 0 Å². The molecule has 2 aliphatic rings. The van der Waals surface area contributed by atoms with Gasteiger partial charge in [-0.1, -0.05) is 59.1 Å². The highest BCUT2D eigenvalue weighted by Crippen LogP contribution is 2.36. The van der Waals surface area contributed by atoms with E-state index >= 15 is 0 Å². The number of aromatic nitrogens is 3. The number of halogens is 2. The summed E-state index contributed by atoms with van der Waals surface area (Å²) in [4.78, 5) is 15.4. The Bertz CT molecular complexity index is 1310. The molecule has 1 aliphatic carbocycles. The molecule has 2 aromatic heterocycles. The lowest BCUT2D eigenvalue weighted by Crippen LogP contribution is -2.32. The van der Waals surface area contributed by atoms with Crippen LogP contribution in [0.1, 0.15) is 37.1 Å². The van der Waals surface area contributed by atoms with Gasteiger partial charge in [0.25, 0.3) is 0 Å². The van der Waals surface area contributed by atoms with Gasteiger partial charge >= 0.3 is 0 Å². The van der Waals surface area contributed by atoms with Crippen LogP contribution in [0.4, 0.5) is 0 Å². The Labute approximate surface area is 209 Å². The summed E-state index contributed by atoms with van der Waals surface area (Å²) in [6.45, 7) is 3.48. The smallest absolute Gasteiger partial charge is 0.139 e. The van der Waals surface area contributed by atoms with Crippen molar-refractivity contribution in [2.75, 3.05) is 19.6 Å². The summed E-state index contributed by atoms with van der Waals surface area (Å²) in [6.07, 6.45) is 8.62. The highest BCUT2D eigenvalue weighted by atomic mass is 35.5. The molecule has 3 heterocycles. The quantitative estimate of drug-likeness (QED) is 0.321. The normalized spacial score (nSPS) is 16.8. The number of fused-ring (bicyclic) bond motifs is 1. The largest absolute Gasteiger partial charge is 0.338 e. The number of piperidine rings is 1. The summed E-state index contributed by atoms with van der Waals surface area (Å²) in [5.41, 5.74) is 7.84. The van der Waals surface area contributed by atoms with Gasteiger partial charge < -0.3 is 9.88 Å². The maximum Gasteiger partial charge on any atom is 0.139 e. The molecule has 4 aromatic rings. The van der Waals surface area contributed by atoms with E-state index in [-0.39, 0.29) is 0 Å². The van der Waals surface area contributed by atoms with Crippen molar-refractivity contribution < 1.29 is 0 Å². The number of likely N-dealkylation sites (tertiary alicyclic amines) is 1. The Morgan fingerprint density at radius 1 is 0.971 bits per heavy atom. The van der Waals surface area contributed by atoms with Crippen LogP contribution in [0, 0.1) is 5.92 Å². The Balaban J connectivity index is 1.39. The summed E-state index contributed by atoms with van der Waals surface area (Å²) in [7, 11) is 0. The summed E-state index contributed by atoms with van der Waals surface area (Å²) in [5.74, 6) is 1.81. The van der Waals surface area contributed by atoms with E-state index in [2.05, 4.69) is 45.2 Å². The molecule has 6 rings (SSSR count). The average Bonchev–Trinajstić information content (AvgIpc) is 3.60. The molecule has 0 spiro atoms. The summed E-state index contributed by atoms with van der Waals surface area (Å²) in [6, 6.07) is 16.5. The second kappa shape index (κ2) is 9.18. The van der Waals surface area contributed by atoms with Crippen LogP contribution in [0.25, 0.3) is 27.7 Å². The first-order valence-corrected chi connectivity index (χ1v) is 12.7. The average molecular weight is 489 g/mol. The molecule has 4 nitrogen and oxygen atoms in total. The van der Waals surface area contributed by atoms with Gasteiger partial charge in [0.1, 0.15) is 5.82 Å². The van der Waals surface area contributed by atoms with Crippen LogP contribution in [0.5, 0.6) is 0 Å². The zero-order chi connectivity index (χ0) is 23.1. The van der Waals surface area contributed by atoms with Crippen LogP contribution in [0.2, 0.25) is 10.0 Å². The number of nitrogens with zero attached hydrogens (tertiary/aromatic N) is 3. The van der Waals surface area contributed by atoms with E-state index in [9.17, 15) is 0 Å². The molecule has 0 atom stereocenters. The minimum atomic E-state index is 0.524. The van der Waals surface area contributed by atoms with Crippen LogP contribution in [0.3, 0.4) is 0 Å². The van der Waals surface area contributed by atoms with Gasteiger partial charge in [0.15, 0.2) is 0 Å². The number of H-pyrrole nitrogens is 1. The summed E-state index contributed by atoms with van der Waals surface area (Å²) < 4.78 is 0. The number of aromatic amines is 1. The van der Waals surface area contributed by atoms with Crippen molar-refractivity contribution in [2.24, 2.45) is 5.92 Å². The van der Waals surface area contributed by atoms with Crippen LogP contribution in [-0.2, 0) is 0 Å². The van der Waals surface area contributed by atoms with Crippen molar-refractivity contribution in [1.29, 1.82) is 0 Å². The molecule has 0 amide bonds. The van der Waals surface area contributed by atoms with Crippen LogP contribution < -0.4 is 0 Å². The van der Waals surface area contributed by atoms with E-state index in [0.29, 0.717) is 10.0 Å². The molecule has 1 N–H and O–H groups in total. The predicted molar refractivity (Wildman–Crippen MR) is 140 cm³/mol. The first-order chi connectivity index (χ1) is 16.6. The number of nitrogens with one attached hydrogen (secondary N) is 1. The van der Waals surface area contributed by atoms with Gasteiger partial charge in [-0.15, -0.1) is 0 Å². The first kappa shape index (κ1) is 21.8. The molecule has 0 radical (unpaired) electrons. The first-order valence-electron chi connectivity index (χ1n) is 11.9. The van der Waals surface area contributed by atoms with Crippen molar-refractivity contribution in [3.8, 4) is 11.1 Å². The second-order valence-corrected chi connectivity index (χ2v) is 10.2. The zero-order valence-electron chi connectivity index (χ0n) is 18.9. The predicted octanol–water partition coefficient (Wildman–Crippen LogP) is 7.24. The molecule has 1 saturated heterocycles. The molecule has 2 aromatic carbocycles. The highest BCUT2D eigenvalue weighted by molar-refractivity contribution is 6.42. The van der Waals surface area contributed by atoms with E-state index < -0.39 is 0 Å². The van der Waals surface area contributed by atoms with E-state index in [0.717, 1.165) is 59.8 Å². The van der Waals surface area contributed by atoms with Crippen LogP contribution in [-0.4, -0.2) is 39.5 Å². The Kier molecular flexibility index (Phi) is 5.90. The fraction of sp³-hybridized carbons (Fsp3) is 0.286. The fourth-order valence-electron chi connectivity index (χ4n) is 4.92. The topological polar surface area (TPSA) is 44.8 Å².